The number of hydrogen-bond acceptors (Lipinski definition) is 6. The molecule has 0 spiro atoms. The summed E-state index contributed by atoms with van der Waals surface area (Å²) >= 11 is 4.22. The van der Waals surface area contributed by atoms with Gasteiger partial charge in [-0.15, -0.1) is 23.1 Å². The highest BCUT2D eigenvalue weighted by molar-refractivity contribution is 7.99. The van der Waals surface area contributed by atoms with Gasteiger partial charge in [0.15, 0.2) is 5.16 Å². The Balaban J connectivity index is 1.34. The normalized spacial score (nSPS) is 11.0. The molecule has 2 N–H and O–H groups in total. The van der Waals surface area contributed by atoms with E-state index in [-0.39, 0.29) is 23.0 Å². The van der Waals surface area contributed by atoms with Crippen molar-refractivity contribution in [1.29, 1.82) is 0 Å². The number of aromatic amines is 1. The Kier molecular flexibility index (Phi) is 7.06. The average molecular weight is 472 g/mol. The molecule has 0 radical (unpaired) electrons. The lowest BCUT2D eigenvalue weighted by molar-refractivity contribution is -0.118. The molecule has 1 amide bonds. The van der Waals surface area contributed by atoms with E-state index >= 15 is 0 Å². The summed E-state index contributed by atoms with van der Waals surface area (Å²) in [6, 6.07) is 16.0. The van der Waals surface area contributed by atoms with E-state index in [1.54, 1.807) is 23.9 Å². The molecule has 9 heteroatoms. The lowest BCUT2D eigenvalue weighted by Crippen LogP contribution is -2.27. The van der Waals surface area contributed by atoms with Crippen LogP contribution in [0, 0.1) is 5.82 Å². The first-order chi connectivity index (χ1) is 15.1. The van der Waals surface area contributed by atoms with Crippen molar-refractivity contribution in [2.45, 2.75) is 10.1 Å². The van der Waals surface area contributed by atoms with Gasteiger partial charge in [0, 0.05) is 28.1 Å². The van der Waals surface area contributed by atoms with Crippen LogP contribution in [0.4, 0.5) is 4.39 Å². The van der Waals surface area contributed by atoms with Crippen LogP contribution in [0.3, 0.4) is 0 Å². The fraction of sp³-hybridized carbons (Fsp3) is 0.136. The summed E-state index contributed by atoms with van der Waals surface area (Å²) in [5.41, 5.74) is 1.21. The number of halogens is 1. The molecule has 0 unspecified atom stereocenters. The zero-order chi connectivity index (χ0) is 21.6. The number of nitrogens with zero attached hydrogens (tertiary/aromatic N) is 1. The molecule has 31 heavy (non-hydrogen) atoms. The zero-order valence-corrected chi connectivity index (χ0v) is 18.7. The largest absolute Gasteiger partial charge is 0.355 e. The second-order valence-electron chi connectivity index (χ2n) is 6.51. The van der Waals surface area contributed by atoms with E-state index in [1.807, 2.05) is 35.7 Å². The molecule has 0 aliphatic heterocycles. The number of benzene rings is 2. The van der Waals surface area contributed by atoms with Gasteiger partial charge in [-0.1, -0.05) is 42.1 Å². The molecule has 2 aromatic heterocycles. The molecule has 2 heterocycles. The zero-order valence-electron chi connectivity index (χ0n) is 16.3. The Morgan fingerprint density at radius 1 is 1.10 bits per heavy atom. The van der Waals surface area contributed by atoms with Crippen molar-refractivity contribution in [1.82, 2.24) is 15.3 Å². The summed E-state index contributed by atoms with van der Waals surface area (Å²) < 4.78 is 13.2. The summed E-state index contributed by atoms with van der Waals surface area (Å²) in [6.07, 6.45) is 0. The highest BCUT2D eigenvalue weighted by Gasteiger charge is 2.14. The Bertz CT molecular complexity index is 1240. The van der Waals surface area contributed by atoms with Gasteiger partial charge in [-0.05, 0) is 29.8 Å². The quantitative estimate of drug-likeness (QED) is 0.220. The van der Waals surface area contributed by atoms with Crippen molar-refractivity contribution in [3.8, 4) is 11.1 Å². The second kappa shape index (κ2) is 10.1. The van der Waals surface area contributed by atoms with Crippen molar-refractivity contribution in [2.24, 2.45) is 0 Å². The van der Waals surface area contributed by atoms with Gasteiger partial charge < -0.3 is 10.3 Å². The monoisotopic (exact) mass is 471 g/mol. The summed E-state index contributed by atoms with van der Waals surface area (Å²) in [5.74, 6) is 0.509. The van der Waals surface area contributed by atoms with Crippen LogP contribution in [0.25, 0.3) is 21.3 Å². The Hall–Kier alpha value is -2.62. The van der Waals surface area contributed by atoms with Gasteiger partial charge in [0.25, 0.3) is 5.56 Å². The minimum Gasteiger partial charge on any atom is -0.355 e. The molecule has 0 saturated heterocycles. The summed E-state index contributed by atoms with van der Waals surface area (Å²) in [7, 11) is 0. The second-order valence-corrected chi connectivity index (χ2v) is 9.50. The molecule has 0 atom stereocenters. The number of fused-ring (bicyclic) bond motifs is 1. The van der Waals surface area contributed by atoms with Crippen LogP contribution >= 0.6 is 34.9 Å². The van der Waals surface area contributed by atoms with Crippen LogP contribution in [0.1, 0.15) is 0 Å². The van der Waals surface area contributed by atoms with Crippen LogP contribution in [0.15, 0.2) is 74.8 Å². The van der Waals surface area contributed by atoms with Crippen LogP contribution in [0.5, 0.6) is 0 Å². The summed E-state index contributed by atoms with van der Waals surface area (Å²) in [5, 5.41) is 5.59. The molecule has 5 nitrogen and oxygen atoms in total. The van der Waals surface area contributed by atoms with Crippen molar-refractivity contribution in [3.05, 3.63) is 76.1 Å². The molecule has 0 bridgehead atoms. The molecule has 0 aliphatic rings. The number of carbonyl (C=O) groups is 1. The van der Waals surface area contributed by atoms with Gasteiger partial charge in [0.1, 0.15) is 10.6 Å². The number of rotatable bonds is 8. The van der Waals surface area contributed by atoms with Crippen molar-refractivity contribution in [2.75, 3.05) is 18.1 Å². The maximum Gasteiger partial charge on any atom is 0.260 e. The molecular weight excluding hydrogens is 453 g/mol. The Labute approximate surface area is 190 Å². The van der Waals surface area contributed by atoms with E-state index in [0.29, 0.717) is 21.9 Å². The molecule has 4 rings (SSSR count). The molecule has 158 valence electrons. The number of hydrogen-bond donors (Lipinski definition) is 2. The molecule has 0 aliphatic carbocycles. The lowest BCUT2D eigenvalue weighted by atomic mass is 10.1. The van der Waals surface area contributed by atoms with Crippen LogP contribution in [-0.2, 0) is 4.79 Å². The lowest BCUT2D eigenvalue weighted by Gasteiger charge is -2.05. The van der Waals surface area contributed by atoms with Crippen LogP contribution < -0.4 is 10.9 Å². The summed E-state index contributed by atoms with van der Waals surface area (Å²) in [6.45, 7) is 0.563. The molecular formula is C22H18FN3O2S3. The topological polar surface area (TPSA) is 74.8 Å². The highest BCUT2D eigenvalue weighted by Crippen LogP contribution is 2.31. The van der Waals surface area contributed by atoms with Gasteiger partial charge in [-0.25, -0.2) is 9.37 Å². The number of carbonyl (C=O) groups excluding carboxylic acids is 1. The maximum atomic E-state index is 13.2. The van der Waals surface area contributed by atoms with Crippen LogP contribution in [-0.4, -0.2) is 33.9 Å². The number of nitrogens with one attached hydrogen (secondary N) is 2. The third-order valence-electron chi connectivity index (χ3n) is 4.35. The minimum atomic E-state index is -0.328. The fourth-order valence-electron chi connectivity index (χ4n) is 2.90. The number of thioether (sulfide) groups is 2. The highest BCUT2D eigenvalue weighted by atomic mass is 32.2. The maximum absolute atomic E-state index is 13.2. The first-order valence-electron chi connectivity index (χ1n) is 9.45. The first-order valence-corrected chi connectivity index (χ1v) is 12.3. The van der Waals surface area contributed by atoms with Crippen molar-refractivity contribution >= 4 is 51.0 Å². The minimum absolute atomic E-state index is 0.111. The van der Waals surface area contributed by atoms with Gasteiger partial charge >= 0.3 is 0 Å². The predicted octanol–water partition coefficient (Wildman–Crippen LogP) is 4.79. The standard InChI is InChI=1S/C22H18FN3O2S3/c23-15-8-6-14(7-9-15)17-12-30-21-19(17)20(28)25-22(26-21)31-13-18(27)24-10-11-29-16-4-2-1-3-5-16/h1-9,12H,10-11,13H2,(H,24,27)(H,25,26,28). The van der Waals surface area contributed by atoms with Gasteiger partial charge in [0.2, 0.25) is 5.91 Å². The van der Waals surface area contributed by atoms with Gasteiger partial charge in [-0.2, -0.15) is 0 Å². The van der Waals surface area contributed by atoms with Crippen molar-refractivity contribution in [3.63, 3.8) is 0 Å². The van der Waals surface area contributed by atoms with E-state index < -0.39 is 0 Å². The Morgan fingerprint density at radius 3 is 2.65 bits per heavy atom. The Morgan fingerprint density at radius 2 is 1.87 bits per heavy atom. The summed E-state index contributed by atoms with van der Waals surface area (Å²) in [4.78, 5) is 33.7. The smallest absolute Gasteiger partial charge is 0.260 e. The first kappa shape index (κ1) is 21.6. The third kappa shape index (κ3) is 5.55. The molecule has 0 fully saturated rings. The van der Waals surface area contributed by atoms with E-state index in [9.17, 15) is 14.0 Å². The number of aromatic nitrogens is 2. The third-order valence-corrected chi connectivity index (χ3v) is 7.11. The van der Waals surface area contributed by atoms with Crippen molar-refractivity contribution < 1.29 is 9.18 Å². The fourth-order valence-corrected chi connectivity index (χ4v) is 5.39. The SMILES string of the molecule is O=C(CSc1nc2scc(-c3ccc(F)cc3)c2c(=O)[nH]1)NCCSc1ccccc1. The molecule has 0 saturated carbocycles. The number of H-pyrrole nitrogens is 1. The number of thiophene rings is 1. The van der Waals surface area contributed by atoms with E-state index in [0.717, 1.165) is 21.8 Å². The number of amides is 1. The van der Waals surface area contributed by atoms with E-state index in [1.165, 1.54) is 35.2 Å². The van der Waals surface area contributed by atoms with Crippen LogP contribution in [0.2, 0.25) is 0 Å². The average Bonchev–Trinajstić information content (AvgIpc) is 3.21. The molecule has 4 aromatic rings. The van der Waals surface area contributed by atoms with Gasteiger partial charge in [-0.3, -0.25) is 9.59 Å². The molecule has 2 aromatic carbocycles. The van der Waals surface area contributed by atoms with Gasteiger partial charge in [0.05, 0.1) is 11.1 Å². The van der Waals surface area contributed by atoms with E-state index in [4.69, 9.17) is 0 Å². The predicted molar refractivity (Wildman–Crippen MR) is 127 cm³/mol. The van der Waals surface area contributed by atoms with E-state index in [2.05, 4.69) is 15.3 Å².